The first-order chi connectivity index (χ1) is 38.7. The minimum atomic E-state index is -4.74. The molecule has 8 fully saturated rings. The van der Waals surface area contributed by atoms with Crippen molar-refractivity contribution in [2.24, 2.45) is 40.4 Å². The summed E-state index contributed by atoms with van der Waals surface area (Å²) < 4.78 is 99.6. The van der Waals surface area contributed by atoms with Gasteiger partial charge in [0.25, 0.3) is 0 Å². The van der Waals surface area contributed by atoms with Gasteiger partial charge in [-0.3, -0.25) is 0 Å². The average molecular weight is 1230 g/mol. The summed E-state index contributed by atoms with van der Waals surface area (Å²) in [5, 5.41) is 134. The Morgan fingerprint density at radius 1 is 0.643 bits per heavy atom. The second kappa shape index (κ2) is 26.6. The Morgan fingerprint density at radius 3 is 1.70 bits per heavy atom. The number of rotatable bonds is 16. The van der Waals surface area contributed by atoms with Crippen LogP contribution in [0.15, 0.2) is 23.8 Å². The molecule has 4 aliphatic carbocycles. The van der Waals surface area contributed by atoms with Crippen molar-refractivity contribution in [2.75, 3.05) is 6.61 Å². The number of aliphatic hydroxyl groups is 12. The fourth-order valence-corrected chi connectivity index (χ4v) is 16.4. The van der Waals surface area contributed by atoms with Gasteiger partial charge in [0.2, 0.25) is 0 Å². The van der Waals surface area contributed by atoms with Gasteiger partial charge < -0.3 is 113 Å². The molecule has 84 heavy (non-hydrogen) atoms. The Morgan fingerprint density at radius 2 is 1.14 bits per heavy atom. The monoisotopic (exact) mass is 1230 g/mol. The van der Waals surface area contributed by atoms with Gasteiger partial charge in [-0.2, -0.15) is 0 Å². The summed E-state index contributed by atoms with van der Waals surface area (Å²) in [5.41, 5.74) is 0.271. The molecular formula is C57H93NaO25S. The van der Waals surface area contributed by atoms with Crippen LogP contribution in [0, 0.1) is 40.4 Å². The van der Waals surface area contributed by atoms with Crippen molar-refractivity contribution < 1.29 is 151 Å². The molecule has 5 saturated heterocycles. The Bertz CT molecular complexity index is 2390. The van der Waals surface area contributed by atoms with E-state index in [1.165, 1.54) is 33.3 Å². The fraction of sp³-hybridized carbons (Fsp3) is 0.930. The van der Waals surface area contributed by atoms with E-state index in [1.807, 2.05) is 6.92 Å². The summed E-state index contributed by atoms with van der Waals surface area (Å²) in [7, 11) is -4.74. The van der Waals surface area contributed by atoms with Gasteiger partial charge in [0.1, 0.15) is 91.6 Å². The van der Waals surface area contributed by atoms with Crippen LogP contribution < -0.4 is 29.6 Å². The maximum atomic E-state index is 12.8. The van der Waals surface area contributed by atoms with E-state index in [1.54, 1.807) is 0 Å². The normalized spacial score (nSPS) is 51.6. The zero-order chi connectivity index (χ0) is 60.9. The van der Waals surface area contributed by atoms with Crippen molar-refractivity contribution in [1.82, 2.24) is 0 Å². The van der Waals surface area contributed by atoms with Gasteiger partial charge in [-0.05, 0) is 133 Å². The Kier molecular flexibility index (Phi) is 22.0. The molecule has 0 spiro atoms. The molecule has 9 rings (SSSR count). The van der Waals surface area contributed by atoms with Crippen molar-refractivity contribution in [1.29, 1.82) is 0 Å². The van der Waals surface area contributed by atoms with Gasteiger partial charge in [0.15, 0.2) is 31.5 Å². The third-order valence-corrected chi connectivity index (χ3v) is 22.2. The topological polar surface area (TPSA) is 392 Å². The van der Waals surface area contributed by atoms with E-state index in [4.69, 9.17) is 47.4 Å². The molecule has 9 aliphatic rings. The first kappa shape index (κ1) is 69.4. The van der Waals surface area contributed by atoms with Crippen molar-refractivity contribution in [2.45, 2.75) is 284 Å². The van der Waals surface area contributed by atoms with Gasteiger partial charge >= 0.3 is 29.6 Å². The largest absolute Gasteiger partial charge is 1.00 e. The number of ether oxygens (including phenoxy) is 10. The van der Waals surface area contributed by atoms with Crippen LogP contribution in [0.1, 0.15) is 120 Å². The zero-order valence-electron chi connectivity index (χ0n) is 49.8. The number of hydrogen-bond acceptors (Lipinski definition) is 25. The molecule has 0 amide bonds. The zero-order valence-corrected chi connectivity index (χ0v) is 52.7. The van der Waals surface area contributed by atoms with E-state index < -0.39 is 192 Å². The van der Waals surface area contributed by atoms with Crippen LogP contribution in [0.2, 0.25) is 0 Å². The standard InChI is InChI=1S/C57H94O25S.Na/c1-22(2)23(3)13-18-57(10,69)35-12-11-30-29-20-33(32-19-28(83(70,71)72)14-16-55(32,8)31(29)15-17-56(30,35)9)78-52-46(68)47(39(61)27(7)76-52)80-53-48(81-50-44(66)41(63)36(58)24(4)74-50)40(62)34(21-73-53)79-54-49(43(65)38(60)26(6)77-54)82-51-45(67)42(64)37(59)25(5)75-51;/h15,22,24-30,32-54,58-69H,3,11-14,16-21H2,1-2,4-10H3,(H,70,71,72);/q;+1/p-1/t24-,25-,26-,27-,28+,29+,30+,32-,33+,34-,35+,36-,37-,38+,39-,40+,41+,42+,43+,44-,45-,46-,47+,48-,49-,50+,51+,52+,53+,54+,55-,56+,57+;/m1./s1. The van der Waals surface area contributed by atoms with Gasteiger partial charge in [0.05, 0.1) is 52.8 Å². The van der Waals surface area contributed by atoms with Crippen molar-refractivity contribution in [3.63, 3.8) is 0 Å². The fourth-order valence-electron chi connectivity index (χ4n) is 15.5. The van der Waals surface area contributed by atoms with Gasteiger partial charge in [0, 0.05) is 5.25 Å². The third-order valence-electron chi connectivity index (χ3n) is 21.0. The van der Waals surface area contributed by atoms with Crippen LogP contribution in [-0.2, 0) is 57.5 Å². The maximum absolute atomic E-state index is 12.8. The molecule has 0 aromatic carbocycles. The molecule has 478 valence electrons. The molecule has 0 aromatic rings. The molecule has 12 N–H and O–H groups in total. The van der Waals surface area contributed by atoms with Crippen molar-refractivity contribution in [3.05, 3.63) is 23.8 Å². The number of fused-ring (bicyclic) bond motifs is 5. The predicted octanol–water partition coefficient (Wildman–Crippen LogP) is -3.93. The number of allylic oxidation sites excluding steroid dienone is 3. The molecule has 5 heterocycles. The molecule has 33 atom stereocenters. The molecule has 0 radical (unpaired) electrons. The molecule has 5 aliphatic heterocycles. The van der Waals surface area contributed by atoms with Crippen molar-refractivity contribution in [3.8, 4) is 0 Å². The van der Waals surface area contributed by atoms with Crippen LogP contribution in [0.4, 0.5) is 0 Å². The van der Waals surface area contributed by atoms with Crippen LogP contribution >= 0.6 is 0 Å². The van der Waals surface area contributed by atoms with E-state index in [-0.39, 0.29) is 71.5 Å². The SMILES string of the molecule is C=C(CC[C@](C)(O)[C@H]1CC[C@H]2[C@@H]3C[C@H](O[C@@H]4O[C@H](C)[C@@H](O)[C@H](O[C@@H]5OC[C@@H](O[C@@H]6O[C@H](C)[C@H](O)[C@H](O)[C@H]6O[C@@H]6O[C@H](C)[C@@H](O)[C@H](O)[C@H]6O)[C@H](O)[C@H]5O[C@@H]5O[C@H](C)[C@@H](O)[C@H](O)[C@H]5O)[C@H]4O)[C@H]4C[C@@H](S(=O)(=O)[O-])CC[C@]4(C)C3=CC[C@@]21C)C(C)C.[Na+]. The average Bonchev–Trinajstić information content (AvgIpc) is 1.32. The Labute approximate surface area is 513 Å². The molecule has 0 bridgehead atoms. The van der Waals surface area contributed by atoms with E-state index in [9.17, 15) is 74.2 Å². The van der Waals surface area contributed by atoms with Gasteiger partial charge in [-0.1, -0.05) is 51.5 Å². The summed E-state index contributed by atoms with van der Waals surface area (Å²) in [4.78, 5) is 0. The van der Waals surface area contributed by atoms with Crippen molar-refractivity contribution >= 4 is 10.1 Å². The Hall–Kier alpha value is -0.490. The first-order valence-corrected chi connectivity index (χ1v) is 31.2. The first-order valence-electron chi connectivity index (χ1n) is 29.7. The Balaban J connectivity index is 0.00000920. The summed E-state index contributed by atoms with van der Waals surface area (Å²) in [5.74, 6) is -0.339. The van der Waals surface area contributed by atoms with Crippen LogP contribution in [0.25, 0.3) is 0 Å². The van der Waals surface area contributed by atoms with Gasteiger partial charge in [-0.25, -0.2) is 8.42 Å². The van der Waals surface area contributed by atoms with Crippen LogP contribution in [0.3, 0.4) is 0 Å². The van der Waals surface area contributed by atoms with Crippen LogP contribution in [-0.4, -0.2) is 245 Å². The molecule has 0 unspecified atom stereocenters. The quantitative estimate of drug-likeness (QED) is 0.0399. The summed E-state index contributed by atoms with van der Waals surface area (Å²) in [6.07, 6.45) is -33.2. The molecule has 27 heteroatoms. The van der Waals surface area contributed by atoms with E-state index >= 15 is 0 Å². The second-order valence-corrected chi connectivity index (χ2v) is 28.3. The summed E-state index contributed by atoms with van der Waals surface area (Å²) in [6, 6.07) is 0. The van der Waals surface area contributed by atoms with E-state index in [0.717, 1.165) is 18.4 Å². The molecule has 25 nitrogen and oxygen atoms in total. The summed E-state index contributed by atoms with van der Waals surface area (Å²) >= 11 is 0. The molecule has 0 aromatic heterocycles. The number of hydrogen-bond donors (Lipinski definition) is 12. The van der Waals surface area contributed by atoms with Gasteiger partial charge in [-0.15, -0.1) is 0 Å². The third kappa shape index (κ3) is 13.3. The van der Waals surface area contributed by atoms with Crippen LogP contribution in [0.5, 0.6) is 0 Å². The minimum Gasteiger partial charge on any atom is -0.748 e. The summed E-state index contributed by atoms with van der Waals surface area (Å²) in [6.45, 7) is 19.8. The second-order valence-electron chi connectivity index (χ2n) is 26.6. The minimum absolute atomic E-state index is 0. The van der Waals surface area contributed by atoms with E-state index in [2.05, 4.69) is 40.3 Å². The molecule has 3 saturated carbocycles. The smallest absolute Gasteiger partial charge is 0.748 e. The maximum Gasteiger partial charge on any atom is 1.00 e. The molecular weight excluding hydrogens is 1140 g/mol. The number of aliphatic hydroxyl groups excluding tert-OH is 11. The van der Waals surface area contributed by atoms with E-state index in [0.29, 0.717) is 32.1 Å². The predicted molar refractivity (Wildman–Crippen MR) is 285 cm³/mol.